The molecule has 130 valence electrons. The molecule has 0 fully saturated rings. The van der Waals surface area contributed by atoms with Crippen LogP contribution in [0.1, 0.15) is 23.7 Å². The molecule has 0 saturated carbocycles. The zero-order chi connectivity index (χ0) is 17.6. The van der Waals surface area contributed by atoms with E-state index >= 15 is 0 Å². The maximum absolute atomic E-state index is 12.4. The van der Waals surface area contributed by atoms with Gasteiger partial charge in [-0.25, -0.2) is 0 Å². The Kier molecular flexibility index (Phi) is 5.55. The van der Waals surface area contributed by atoms with Crippen LogP contribution >= 0.6 is 11.8 Å². The maximum Gasteiger partial charge on any atom is 0.200 e. The fourth-order valence-electron chi connectivity index (χ4n) is 2.40. The quantitative estimate of drug-likeness (QED) is 0.449. The zero-order valence-electron chi connectivity index (χ0n) is 14.1. The minimum atomic E-state index is 0.0400. The third kappa shape index (κ3) is 3.93. The Morgan fingerprint density at radius 1 is 1.24 bits per heavy atom. The summed E-state index contributed by atoms with van der Waals surface area (Å²) in [6.45, 7) is 2.85. The second kappa shape index (κ2) is 8.02. The van der Waals surface area contributed by atoms with Gasteiger partial charge in [0.25, 0.3) is 0 Å². The van der Waals surface area contributed by atoms with Gasteiger partial charge in [-0.15, -0.1) is 10.2 Å². The van der Waals surface area contributed by atoms with Crippen LogP contribution in [0.5, 0.6) is 5.75 Å². The molecule has 2 heterocycles. The highest BCUT2D eigenvalue weighted by molar-refractivity contribution is 7.99. The number of nitrogens with zero attached hydrogens (tertiary/aromatic N) is 3. The van der Waals surface area contributed by atoms with E-state index in [4.69, 9.17) is 9.15 Å². The zero-order valence-corrected chi connectivity index (χ0v) is 15.0. The lowest BCUT2D eigenvalue weighted by molar-refractivity contribution is 0.102. The SMILES string of the molecule is CCCn1c(SCC(=O)c2ccc(OC)cc2)nnc1-c1ccco1. The molecule has 0 radical (unpaired) electrons. The highest BCUT2D eigenvalue weighted by Crippen LogP contribution is 2.25. The Labute approximate surface area is 150 Å². The normalized spacial score (nSPS) is 10.8. The number of carbonyl (C=O) groups is 1. The summed E-state index contributed by atoms with van der Waals surface area (Å²) in [5.41, 5.74) is 0.654. The van der Waals surface area contributed by atoms with Crippen molar-refractivity contribution in [2.45, 2.75) is 25.0 Å². The van der Waals surface area contributed by atoms with Crippen molar-refractivity contribution in [1.82, 2.24) is 14.8 Å². The van der Waals surface area contributed by atoms with E-state index in [0.29, 0.717) is 22.9 Å². The Morgan fingerprint density at radius 2 is 2.04 bits per heavy atom. The van der Waals surface area contributed by atoms with E-state index in [1.54, 1.807) is 37.6 Å². The van der Waals surface area contributed by atoms with Gasteiger partial charge in [0.15, 0.2) is 22.5 Å². The minimum Gasteiger partial charge on any atom is -0.497 e. The monoisotopic (exact) mass is 357 g/mol. The molecule has 0 saturated heterocycles. The van der Waals surface area contributed by atoms with E-state index < -0.39 is 0 Å². The van der Waals surface area contributed by atoms with Gasteiger partial charge in [0, 0.05) is 12.1 Å². The van der Waals surface area contributed by atoms with Crippen LogP contribution in [0.25, 0.3) is 11.6 Å². The highest BCUT2D eigenvalue weighted by atomic mass is 32.2. The second-order valence-electron chi connectivity index (χ2n) is 5.38. The van der Waals surface area contributed by atoms with Crippen molar-refractivity contribution in [3.05, 3.63) is 48.2 Å². The Balaban J connectivity index is 1.73. The molecule has 0 aliphatic rings. The van der Waals surface area contributed by atoms with Crippen molar-refractivity contribution in [2.24, 2.45) is 0 Å². The molecule has 3 rings (SSSR count). The van der Waals surface area contributed by atoms with Gasteiger partial charge in [-0.2, -0.15) is 0 Å². The first-order valence-electron chi connectivity index (χ1n) is 8.00. The first-order valence-corrected chi connectivity index (χ1v) is 8.98. The molecule has 0 bridgehead atoms. The molecule has 0 unspecified atom stereocenters. The molecule has 0 N–H and O–H groups in total. The summed E-state index contributed by atoms with van der Waals surface area (Å²) in [7, 11) is 1.60. The fourth-order valence-corrected chi connectivity index (χ4v) is 3.26. The third-order valence-electron chi connectivity index (χ3n) is 3.65. The van der Waals surface area contributed by atoms with Crippen molar-refractivity contribution < 1.29 is 13.9 Å². The van der Waals surface area contributed by atoms with E-state index in [9.17, 15) is 4.79 Å². The van der Waals surface area contributed by atoms with Crippen LogP contribution in [0.3, 0.4) is 0 Å². The van der Waals surface area contributed by atoms with Gasteiger partial charge in [-0.05, 0) is 42.8 Å². The first kappa shape index (κ1) is 17.3. The molecular formula is C18H19N3O3S. The van der Waals surface area contributed by atoms with Gasteiger partial charge < -0.3 is 9.15 Å². The average molecular weight is 357 g/mol. The van der Waals surface area contributed by atoms with E-state index in [1.807, 2.05) is 16.7 Å². The number of benzene rings is 1. The molecule has 0 aliphatic heterocycles. The lowest BCUT2D eigenvalue weighted by Crippen LogP contribution is -2.06. The molecule has 7 heteroatoms. The number of Topliss-reactive ketones (excluding diaryl/α,β-unsaturated/α-hetero) is 1. The van der Waals surface area contributed by atoms with E-state index in [-0.39, 0.29) is 5.78 Å². The number of ether oxygens (including phenoxy) is 1. The average Bonchev–Trinajstić information content (AvgIpc) is 3.30. The van der Waals surface area contributed by atoms with Crippen LogP contribution in [0.2, 0.25) is 0 Å². The van der Waals surface area contributed by atoms with Crippen molar-refractivity contribution >= 4 is 17.5 Å². The summed E-state index contributed by atoms with van der Waals surface area (Å²) < 4.78 is 12.5. The van der Waals surface area contributed by atoms with Gasteiger partial charge in [-0.3, -0.25) is 9.36 Å². The minimum absolute atomic E-state index is 0.0400. The van der Waals surface area contributed by atoms with Crippen LogP contribution in [0.15, 0.2) is 52.2 Å². The Morgan fingerprint density at radius 3 is 2.68 bits per heavy atom. The first-order chi connectivity index (χ1) is 12.2. The van der Waals surface area contributed by atoms with Crippen LogP contribution in [-0.4, -0.2) is 33.4 Å². The largest absolute Gasteiger partial charge is 0.497 e. The van der Waals surface area contributed by atoms with E-state index in [0.717, 1.165) is 23.9 Å². The summed E-state index contributed by atoms with van der Waals surface area (Å²) in [5.74, 6) is 2.43. The Hall–Kier alpha value is -2.54. The number of furan rings is 1. The van der Waals surface area contributed by atoms with Gasteiger partial charge in [-0.1, -0.05) is 18.7 Å². The molecule has 0 atom stereocenters. The number of carbonyl (C=O) groups excluding carboxylic acids is 1. The van der Waals surface area contributed by atoms with Crippen molar-refractivity contribution in [1.29, 1.82) is 0 Å². The molecular weight excluding hydrogens is 338 g/mol. The van der Waals surface area contributed by atoms with E-state index in [2.05, 4.69) is 17.1 Å². The number of thioether (sulfide) groups is 1. The molecule has 25 heavy (non-hydrogen) atoms. The summed E-state index contributed by atoms with van der Waals surface area (Å²) in [6, 6.07) is 10.8. The van der Waals surface area contributed by atoms with Crippen LogP contribution in [-0.2, 0) is 6.54 Å². The van der Waals surface area contributed by atoms with Gasteiger partial charge in [0.2, 0.25) is 0 Å². The molecule has 0 aliphatic carbocycles. The molecule has 1 aromatic carbocycles. The summed E-state index contributed by atoms with van der Waals surface area (Å²) in [6.07, 6.45) is 2.55. The summed E-state index contributed by atoms with van der Waals surface area (Å²) in [4.78, 5) is 12.4. The van der Waals surface area contributed by atoms with Crippen LogP contribution < -0.4 is 4.74 Å². The predicted molar refractivity (Wildman–Crippen MR) is 96.1 cm³/mol. The van der Waals surface area contributed by atoms with Crippen molar-refractivity contribution in [3.63, 3.8) is 0 Å². The standard InChI is InChI=1S/C18H19N3O3S/c1-3-10-21-17(16-5-4-11-24-16)19-20-18(21)25-12-15(22)13-6-8-14(23-2)9-7-13/h4-9,11H,3,10,12H2,1-2H3. The molecule has 0 amide bonds. The number of hydrogen-bond donors (Lipinski definition) is 0. The maximum atomic E-state index is 12.4. The highest BCUT2D eigenvalue weighted by Gasteiger charge is 2.17. The summed E-state index contributed by atoms with van der Waals surface area (Å²) in [5, 5.41) is 9.17. The van der Waals surface area contributed by atoms with Crippen LogP contribution in [0, 0.1) is 0 Å². The Bertz CT molecular complexity index is 826. The molecule has 2 aromatic heterocycles. The van der Waals surface area contributed by atoms with Crippen molar-refractivity contribution in [3.8, 4) is 17.3 Å². The van der Waals surface area contributed by atoms with Gasteiger partial charge in [0.05, 0.1) is 19.1 Å². The lowest BCUT2D eigenvalue weighted by Gasteiger charge is -2.07. The topological polar surface area (TPSA) is 70.2 Å². The van der Waals surface area contributed by atoms with Crippen LogP contribution in [0.4, 0.5) is 0 Å². The molecule has 3 aromatic rings. The second-order valence-corrected chi connectivity index (χ2v) is 6.32. The van der Waals surface area contributed by atoms with Gasteiger partial charge >= 0.3 is 0 Å². The summed E-state index contributed by atoms with van der Waals surface area (Å²) >= 11 is 1.38. The predicted octanol–water partition coefficient (Wildman–Crippen LogP) is 3.93. The number of methoxy groups -OCH3 is 1. The molecule has 0 spiro atoms. The van der Waals surface area contributed by atoms with Gasteiger partial charge in [0.1, 0.15) is 5.75 Å². The lowest BCUT2D eigenvalue weighted by atomic mass is 10.1. The van der Waals surface area contributed by atoms with Crippen molar-refractivity contribution in [2.75, 3.05) is 12.9 Å². The third-order valence-corrected chi connectivity index (χ3v) is 4.62. The smallest absolute Gasteiger partial charge is 0.200 e. The number of hydrogen-bond acceptors (Lipinski definition) is 6. The number of rotatable bonds is 8. The number of aromatic nitrogens is 3. The fraction of sp³-hybridized carbons (Fsp3) is 0.278. The number of ketones is 1. The van der Waals surface area contributed by atoms with E-state index in [1.165, 1.54) is 11.8 Å². The molecule has 6 nitrogen and oxygen atoms in total.